The third-order valence-electron chi connectivity index (χ3n) is 4.36. The molecule has 0 aliphatic rings. The van der Waals surface area contributed by atoms with Crippen molar-refractivity contribution in [3.63, 3.8) is 0 Å². The van der Waals surface area contributed by atoms with Crippen molar-refractivity contribution in [1.82, 2.24) is 9.55 Å². The molecule has 0 spiro atoms. The Bertz CT molecular complexity index is 780. The van der Waals surface area contributed by atoms with Crippen molar-refractivity contribution in [3.05, 3.63) is 89.5 Å². The maximum absolute atomic E-state index is 6.49. The molecule has 0 saturated heterocycles. The molecule has 3 aromatic rings. The van der Waals surface area contributed by atoms with Crippen LogP contribution in [-0.4, -0.2) is 9.55 Å². The van der Waals surface area contributed by atoms with Crippen LogP contribution >= 0.6 is 0 Å². The largest absolute Gasteiger partial charge is 0.329 e. The van der Waals surface area contributed by atoms with Crippen molar-refractivity contribution in [2.75, 3.05) is 0 Å². The van der Waals surface area contributed by atoms with E-state index in [1.807, 2.05) is 18.5 Å². The molecule has 24 heavy (non-hydrogen) atoms. The summed E-state index contributed by atoms with van der Waals surface area (Å²) < 4.78 is 2.12. The molecular weight excluding hydrogens is 294 g/mol. The van der Waals surface area contributed by atoms with E-state index in [0.717, 1.165) is 17.9 Å². The Morgan fingerprint density at radius 1 is 1.00 bits per heavy atom. The van der Waals surface area contributed by atoms with Crippen LogP contribution in [0.4, 0.5) is 0 Å². The van der Waals surface area contributed by atoms with Gasteiger partial charge in [0.2, 0.25) is 0 Å². The Labute approximate surface area is 144 Å². The molecule has 0 saturated carbocycles. The Kier molecular flexibility index (Phi) is 4.54. The van der Waals surface area contributed by atoms with E-state index in [0.29, 0.717) is 0 Å². The molecule has 0 aliphatic heterocycles. The molecule has 2 aromatic carbocycles. The molecule has 1 atom stereocenters. The normalized spacial score (nSPS) is 13.0. The number of nitrogens with two attached hydrogens (primary N) is 1. The lowest BCUT2D eigenvalue weighted by molar-refractivity contribution is 0.589. The average molecular weight is 319 g/mol. The minimum Gasteiger partial charge on any atom is -0.329 e. The van der Waals surface area contributed by atoms with Gasteiger partial charge in [0.05, 0.1) is 6.04 Å². The molecule has 0 aliphatic carbocycles. The van der Waals surface area contributed by atoms with Gasteiger partial charge in [-0.3, -0.25) is 0 Å². The molecule has 3 rings (SSSR count). The van der Waals surface area contributed by atoms with Crippen LogP contribution in [0, 0.1) is 0 Å². The molecule has 3 nitrogen and oxygen atoms in total. The first-order valence-corrected chi connectivity index (χ1v) is 8.36. The summed E-state index contributed by atoms with van der Waals surface area (Å²) in [6.07, 6.45) is 3.81. The summed E-state index contributed by atoms with van der Waals surface area (Å²) in [7, 11) is 0. The highest BCUT2D eigenvalue weighted by Crippen LogP contribution is 2.25. The molecule has 0 amide bonds. The monoisotopic (exact) mass is 319 g/mol. The highest BCUT2D eigenvalue weighted by Gasteiger charge is 2.17. The topological polar surface area (TPSA) is 43.8 Å². The van der Waals surface area contributed by atoms with Gasteiger partial charge in [0.1, 0.15) is 5.82 Å². The lowest BCUT2D eigenvalue weighted by Crippen LogP contribution is -2.19. The fraction of sp³-hybridized carbons (Fsp3) is 0.286. The molecule has 1 heterocycles. The summed E-state index contributed by atoms with van der Waals surface area (Å²) in [5.74, 6) is 0.891. The van der Waals surface area contributed by atoms with Gasteiger partial charge in [-0.05, 0) is 22.1 Å². The lowest BCUT2D eigenvalue weighted by Gasteiger charge is -2.20. The number of hydrogen-bond donors (Lipinski definition) is 1. The van der Waals surface area contributed by atoms with Crippen LogP contribution in [0.3, 0.4) is 0 Å². The van der Waals surface area contributed by atoms with Crippen LogP contribution in [0.15, 0.2) is 67.0 Å². The molecule has 0 bridgehead atoms. The highest BCUT2D eigenvalue weighted by molar-refractivity contribution is 5.32. The van der Waals surface area contributed by atoms with E-state index in [1.54, 1.807) is 0 Å². The van der Waals surface area contributed by atoms with Gasteiger partial charge < -0.3 is 10.3 Å². The number of rotatable bonds is 4. The quantitative estimate of drug-likeness (QED) is 0.780. The number of aromatic nitrogens is 2. The zero-order valence-corrected chi connectivity index (χ0v) is 14.6. The molecule has 124 valence electrons. The zero-order valence-electron chi connectivity index (χ0n) is 14.6. The van der Waals surface area contributed by atoms with Crippen molar-refractivity contribution in [2.45, 2.75) is 38.8 Å². The molecule has 3 heteroatoms. The SMILES string of the molecule is CC(C)(C)c1ccc(C(N)c2nccn2Cc2ccccc2)cc1. The Hall–Kier alpha value is -2.39. The van der Waals surface area contributed by atoms with Crippen LogP contribution in [0.25, 0.3) is 0 Å². The summed E-state index contributed by atoms with van der Waals surface area (Å²) in [6, 6.07) is 18.7. The summed E-state index contributed by atoms with van der Waals surface area (Å²) in [6.45, 7) is 7.43. The molecule has 2 N–H and O–H groups in total. The zero-order chi connectivity index (χ0) is 17.2. The predicted molar refractivity (Wildman–Crippen MR) is 98.9 cm³/mol. The van der Waals surface area contributed by atoms with E-state index in [4.69, 9.17) is 5.73 Å². The van der Waals surface area contributed by atoms with Crippen molar-refractivity contribution in [1.29, 1.82) is 0 Å². The Morgan fingerprint density at radius 3 is 2.29 bits per heavy atom. The maximum Gasteiger partial charge on any atom is 0.130 e. The fourth-order valence-electron chi connectivity index (χ4n) is 2.85. The van der Waals surface area contributed by atoms with Crippen LogP contribution in [0.5, 0.6) is 0 Å². The van der Waals surface area contributed by atoms with Crippen molar-refractivity contribution in [3.8, 4) is 0 Å². The summed E-state index contributed by atoms with van der Waals surface area (Å²) in [5.41, 5.74) is 10.3. The van der Waals surface area contributed by atoms with Crippen molar-refractivity contribution in [2.24, 2.45) is 5.73 Å². The summed E-state index contributed by atoms with van der Waals surface area (Å²) >= 11 is 0. The van der Waals surface area contributed by atoms with Gasteiger partial charge in [0, 0.05) is 18.9 Å². The third kappa shape index (κ3) is 3.57. The van der Waals surface area contributed by atoms with Gasteiger partial charge >= 0.3 is 0 Å². The number of hydrogen-bond acceptors (Lipinski definition) is 2. The maximum atomic E-state index is 6.49. The van der Waals surface area contributed by atoms with E-state index in [2.05, 4.69) is 78.9 Å². The molecular formula is C21H25N3. The van der Waals surface area contributed by atoms with Gasteiger partial charge in [-0.2, -0.15) is 0 Å². The van der Waals surface area contributed by atoms with E-state index in [-0.39, 0.29) is 11.5 Å². The first kappa shape index (κ1) is 16.5. The van der Waals surface area contributed by atoms with E-state index < -0.39 is 0 Å². The number of imidazole rings is 1. The third-order valence-corrected chi connectivity index (χ3v) is 4.36. The van der Waals surface area contributed by atoms with Crippen LogP contribution in [0.1, 0.15) is 49.3 Å². The average Bonchev–Trinajstić information content (AvgIpc) is 3.02. The standard InChI is InChI=1S/C21H25N3/c1-21(2,3)18-11-9-17(10-12-18)19(22)20-23-13-14-24(20)15-16-7-5-4-6-8-16/h4-14,19H,15,22H2,1-3H3. The summed E-state index contributed by atoms with van der Waals surface area (Å²) in [4.78, 5) is 4.50. The predicted octanol–water partition coefficient (Wildman–Crippen LogP) is 4.28. The molecule has 1 unspecified atom stereocenters. The number of nitrogens with zero attached hydrogens (tertiary/aromatic N) is 2. The van der Waals surface area contributed by atoms with Gasteiger partial charge in [-0.1, -0.05) is 75.4 Å². The van der Waals surface area contributed by atoms with Crippen molar-refractivity contribution < 1.29 is 0 Å². The van der Waals surface area contributed by atoms with Crippen molar-refractivity contribution >= 4 is 0 Å². The molecule has 1 aromatic heterocycles. The van der Waals surface area contributed by atoms with Gasteiger partial charge in [0.15, 0.2) is 0 Å². The van der Waals surface area contributed by atoms with E-state index in [1.165, 1.54) is 11.1 Å². The first-order chi connectivity index (χ1) is 11.4. The Balaban J connectivity index is 1.83. The number of benzene rings is 2. The highest BCUT2D eigenvalue weighted by atomic mass is 15.1. The lowest BCUT2D eigenvalue weighted by atomic mass is 9.86. The Morgan fingerprint density at radius 2 is 1.67 bits per heavy atom. The second kappa shape index (κ2) is 6.62. The summed E-state index contributed by atoms with van der Waals surface area (Å²) in [5, 5.41) is 0. The smallest absolute Gasteiger partial charge is 0.130 e. The van der Waals surface area contributed by atoms with Crippen LogP contribution in [0.2, 0.25) is 0 Å². The first-order valence-electron chi connectivity index (χ1n) is 8.36. The minimum absolute atomic E-state index is 0.147. The molecule has 0 radical (unpaired) electrons. The van der Waals surface area contributed by atoms with Crippen LogP contribution < -0.4 is 5.73 Å². The molecule has 0 fully saturated rings. The van der Waals surface area contributed by atoms with Gasteiger partial charge in [-0.15, -0.1) is 0 Å². The van der Waals surface area contributed by atoms with E-state index in [9.17, 15) is 0 Å². The fourth-order valence-corrected chi connectivity index (χ4v) is 2.85. The van der Waals surface area contributed by atoms with Gasteiger partial charge in [-0.25, -0.2) is 4.98 Å². The second-order valence-corrected chi connectivity index (χ2v) is 7.25. The minimum atomic E-state index is -0.224. The van der Waals surface area contributed by atoms with E-state index >= 15 is 0 Å². The van der Waals surface area contributed by atoms with Crippen LogP contribution in [-0.2, 0) is 12.0 Å². The second-order valence-electron chi connectivity index (χ2n) is 7.25. The van der Waals surface area contributed by atoms with Gasteiger partial charge in [0.25, 0.3) is 0 Å².